The topological polar surface area (TPSA) is 57.5 Å². The van der Waals surface area contributed by atoms with Crippen molar-refractivity contribution in [3.8, 4) is 0 Å². The normalized spacial score (nSPS) is 23.5. The minimum Gasteiger partial charge on any atom is -0.507 e. The van der Waals surface area contributed by atoms with Crippen molar-refractivity contribution in [2.45, 2.75) is 33.8 Å². The molecule has 0 amide bonds. The Balaban J connectivity index is 3.31. The van der Waals surface area contributed by atoms with Gasteiger partial charge in [-0.15, -0.1) is 0 Å². The fourth-order valence-corrected chi connectivity index (χ4v) is 1.73. The summed E-state index contributed by atoms with van der Waals surface area (Å²) >= 11 is 0. The molecule has 0 aliphatic heterocycles. The molecule has 2 N–H and O–H groups in total. The second-order valence-electron chi connectivity index (χ2n) is 4.32. The van der Waals surface area contributed by atoms with Gasteiger partial charge in [-0.3, -0.25) is 4.79 Å². The molecule has 1 aliphatic rings. The number of carbonyl (C=O) groups excluding carboxylic acids is 1. The van der Waals surface area contributed by atoms with Crippen LogP contribution in [0.4, 0.5) is 0 Å². The lowest BCUT2D eigenvalue weighted by atomic mass is 9.76. The first-order chi connectivity index (χ1) is 6.27. The van der Waals surface area contributed by atoms with E-state index in [1.165, 1.54) is 6.92 Å². The highest BCUT2D eigenvalue weighted by molar-refractivity contribution is 6.03. The van der Waals surface area contributed by atoms with Crippen LogP contribution < -0.4 is 0 Å². The van der Waals surface area contributed by atoms with Crippen LogP contribution in [0.5, 0.6) is 0 Å². The Labute approximate surface area is 83.8 Å². The number of hydrogen-bond acceptors (Lipinski definition) is 3. The van der Waals surface area contributed by atoms with Gasteiger partial charge in [-0.2, -0.15) is 0 Å². The molecule has 1 atom stereocenters. The van der Waals surface area contributed by atoms with E-state index in [-0.39, 0.29) is 17.1 Å². The molecule has 0 heterocycles. The van der Waals surface area contributed by atoms with Gasteiger partial charge in [-0.25, -0.2) is 0 Å². The molecule has 1 unspecified atom stereocenters. The fraction of sp³-hybridized carbons (Fsp3) is 0.545. The average molecular weight is 196 g/mol. The minimum absolute atomic E-state index is 0.0793. The zero-order chi connectivity index (χ0) is 11.1. The first-order valence-corrected chi connectivity index (χ1v) is 4.63. The Hall–Kier alpha value is -1.09. The summed E-state index contributed by atoms with van der Waals surface area (Å²) in [6, 6.07) is 0. The maximum absolute atomic E-state index is 11.8. The molecule has 3 heteroatoms. The summed E-state index contributed by atoms with van der Waals surface area (Å²) in [6.45, 7) is 6.76. The van der Waals surface area contributed by atoms with Crippen molar-refractivity contribution in [3.63, 3.8) is 0 Å². The largest absolute Gasteiger partial charge is 0.507 e. The van der Waals surface area contributed by atoms with Crippen molar-refractivity contribution >= 4 is 5.78 Å². The Morgan fingerprint density at radius 1 is 1.43 bits per heavy atom. The molecule has 0 aromatic heterocycles. The van der Waals surface area contributed by atoms with Gasteiger partial charge >= 0.3 is 0 Å². The van der Waals surface area contributed by atoms with Gasteiger partial charge in [0.1, 0.15) is 5.76 Å². The molecule has 0 radical (unpaired) electrons. The van der Waals surface area contributed by atoms with Gasteiger partial charge in [0, 0.05) is 5.41 Å². The summed E-state index contributed by atoms with van der Waals surface area (Å²) in [7, 11) is 0. The van der Waals surface area contributed by atoms with E-state index in [0.29, 0.717) is 5.57 Å². The monoisotopic (exact) mass is 196 g/mol. The molecule has 0 saturated carbocycles. The fourth-order valence-electron chi connectivity index (χ4n) is 1.73. The lowest BCUT2D eigenvalue weighted by Gasteiger charge is -2.28. The lowest BCUT2D eigenvalue weighted by molar-refractivity contribution is -0.122. The Morgan fingerprint density at radius 2 is 1.93 bits per heavy atom. The van der Waals surface area contributed by atoms with Gasteiger partial charge in [0.25, 0.3) is 0 Å². The van der Waals surface area contributed by atoms with Crippen LogP contribution >= 0.6 is 0 Å². The molecule has 14 heavy (non-hydrogen) atoms. The molecular weight excluding hydrogens is 180 g/mol. The maximum atomic E-state index is 11.8. The smallest absolute Gasteiger partial charge is 0.174 e. The van der Waals surface area contributed by atoms with Gasteiger partial charge in [-0.1, -0.05) is 6.08 Å². The summed E-state index contributed by atoms with van der Waals surface area (Å²) in [4.78, 5) is 11.8. The summed E-state index contributed by atoms with van der Waals surface area (Å²) in [5, 5.41) is 19.0. The van der Waals surface area contributed by atoms with E-state index < -0.39 is 11.5 Å². The van der Waals surface area contributed by atoms with Gasteiger partial charge in [0.2, 0.25) is 0 Å². The van der Waals surface area contributed by atoms with Gasteiger partial charge in [0.05, 0.1) is 11.7 Å². The first kappa shape index (κ1) is 11.0. The quantitative estimate of drug-likeness (QED) is 0.671. The minimum atomic E-state index is -0.926. The van der Waals surface area contributed by atoms with Crippen LogP contribution in [0.2, 0.25) is 0 Å². The van der Waals surface area contributed by atoms with Gasteiger partial charge in [-0.05, 0) is 33.3 Å². The van der Waals surface area contributed by atoms with Crippen molar-refractivity contribution in [1.82, 2.24) is 0 Å². The number of Topliss-reactive ketones (excluding diaryl/α,β-unsaturated/α-hetero) is 1. The molecular formula is C11H16O3. The van der Waals surface area contributed by atoms with E-state index >= 15 is 0 Å². The number of aliphatic hydroxyl groups excluding tert-OH is 2. The number of allylic oxidation sites excluding steroid dienone is 2. The van der Waals surface area contributed by atoms with Crippen LogP contribution in [-0.4, -0.2) is 22.1 Å². The number of rotatable bonds is 1. The van der Waals surface area contributed by atoms with Crippen molar-refractivity contribution < 1.29 is 15.0 Å². The lowest BCUT2D eigenvalue weighted by Crippen LogP contribution is -2.32. The van der Waals surface area contributed by atoms with Gasteiger partial charge in [0.15, 0.2) is 5.78 Å². The second-order valence-corrected chi connectivity index (χ2v) is 4.32. The number of carbonyl (C=O) groups is 1. The highest BCUT2D eigenvalue weighted by Crippen LogP contribution is 2.34. The molecule has 0 aromatic carbocycles. The maximum Gasteiger partial charge on any atom is 0.174 e. The zero-order valence-electron chi connectivity index (χ0n) is 8.96. The molecule has 0 aromatic rings. The molecule has 1 rings (SSSR count). The van der Waals surface area contributed by atoms with E-state index in [1.54, 1.807) is 26.8 Å². The van der Waals surface area contributed by atoms with Crippen LogP contribution in [0.3, 0.4) is 0 Å². The third-order valence-corrected chi connectivity index (χ3v) is 2.45. The molecule has 0 fully saturated rings. The van der Waals surface area contributed by atoms with Crippen LogP contribution in [0, 0.1) is 5.41 Å². The molecule has 0 bridgehead atoms. The third-order valence-electron chi connectivity index (χ3n) is 2.45. The summed E-state index contributed by atoms with van der Waals surface area (Å²) in [6.07, 6.45) is 0.793. The van der Waals surface area contributed by atoms with E-state index in [0.717, 1.165) is 0 Å². The van der Waals surface area contributed by atoms with Crippen molar-refractivity contribution in [3.05, 3.63) is 23.0 Å². The predicted molar refractivity (Wildman–Crippen MR) is 53.9 cm³/mol. The van der Waals surface area contributed by atoms with E-state index in [2.05, 4.69) is 0 Å². The van der Waals surface area contributed by atoms with Gasteiger partial charge < -0.3 is 10.2 Å². The van der Waals surface area contributed by atoms with Crippen LogP contribution in [0.15, 0.2) is 23.0 Å². The molecule has 78 valence electrons. The first-order valence-electron chi connectivity index (χ1n) is 4.63. The zero-order valence-corrected chi connectivity index (χ0v) is 8.96. The standard InChI is InChI=1S/C11H16O3/c1-6-5-11(3,4)10(14)8(7(2)12)9(6)13/h5,7,12-13H,1-4H3. The van der Waals surface area contributed by atoms with Crippen molar-refractivity contribution in [2.75, 3.05) is 0 Å². The van der Waals surface area contributed by atoms with E-state index in [1.807, 2.05) is 0 Å². The number of aliphatic hydroxyl groups is 2. The SMILES string of the molecule is CC1=CC(C)(C)C(=O)C(C(C)O)=C1O. The highest BCUT2D eigenvalue weighted by Gasteiger charge is 2.36. The van der Waals surface area contributed by atoms with Crippen molar-refractivity contribution in [1.29, 1.82) is 0 Å². The average Bonchev–Trinajstić information content (AvgIpc) is 2.00. The summed E-state index contributed by atoms with van der Waals surface area (Å²) in [5.74, 6) is -0.292. The second kappa shape index (κ2) is 3.24. The molecule has 0 saturated heterocycles. The Morgan fingerprint density at radius 3 is 2.36 bits per heavy atom. The van der Waals surface area contributed by atoms with Crippen LogP contribution in [0.1, 0.15) is 27.7 Å². The summed E-state index contributed by atoms with van der Waals surface area (Å²) < 4.78 is 0. The van der Waals surface area contributed by atoms with Crippen molar-refractivity contribution in [2.24, 2.45) is 5.41 Å². The molecule has 1 aliphatic carbocycles. The van der Waals surface area contributed by atoms with E-state index in [9.17, 15) is 15.0 Å². The number of hydrogen-bond donors (Lipinski definition) is 2. The van der Waals surface area contributed by atoms with Crippen LogP contribution in [-0.2, 0) is 4.79 Å². The Bertz CT molecular complexity index is 332. The molecule has 3 nitrogen and oxygen atoms in total. The van der Waals surface area contributed by atoms with Crippen LogP contribution in [0.25, 0.3) is 0 Å². The third kappa shape index (κ3) is 1.60. The summed E-state index contributed by atoms with van der Waals surface area (Å²) in [5.41, 5.74) is 0.128. The number of ketones is 1. The Kier molecular flexibility index (Phi) is 2.54. The molecule has 0 spiro atoms. The predicted octanol–water partition coefficient (Wildman–Crippen LogP) is 1.73. The van der Waals surface area contributed by atoms with E-state index in [4.69, 9.17) is 0 Å². The highest BCUT2D eigenvalue weighted by atomic mass is 16.3.